The van der Waals surface area contributed by atoms with E-state index in [0.29, 0.717) is 38.0 Å². The molecule has 4 aliphatic rings. The Hall–Kier alpha value is -1.13. The Bertz CT molecular complexity index is 940. The maximum Gasteiger partial charge on any atom is 0.216 e. The molecule has 9 heteroatoms. The van der Waals surface area contributed by atoms with Gasteiger partial charge in [-0.05, 0) is 62.3 Å². The van der Waals surface area contributed by atoms with Crippen LogP contribution in [0.4, 0.5) is 8.78 Å². The van der Waals surface area contributed by atoms with Crippen molar-refractivity contribution in [1.82, 2.24) is 9.21 Å². The van der Waals surface area contributed by atoms with Crippen LogP contribution in [-0.4, -0.2) is 67.7 Å². The number of ether oxygens (including phenoxy) is 1. The van der Waals surface area contributed by atoms with Crippen LogP contribution in [0.15, 0.2) is 18.2 Å². The fraction of sp³-hybridized carbons (Fsp3) is 0.739. The van der Waals surface area contributed by atoms with Gasteiger partial charge in [-0.3, -0.25) is 4.90 Å². The number of sulfonamides is 1. The Morgan fingerprint density at radius 2 is 1.78 bits per heavy atom. The summed E-state index contributed by atoms with van der Waals surface area (Å²) in [7, 11) is -3.19. The molecule has 3 unspecified atom stereocenters. The minimum Gasteiger partial charge on any atom is -0.370 e. The van der Waals surface area contributed by atoms with E-state index in [1.807, 2.05) is 0 Å². The summed E-state index contributed by atoms with van der Waals surface area (Å²) in [6.45, 7) is 3.39. The van der Waals surface area contributed by atoms with Crippen LogP contribution < -0.4 is 5.73 Å². The van der Waals surface area contributed by atoms with Crippen molar-refractivity contribution < 1.29 is 21.9 Å². The van der Waals surface area contributed by atoms with E-state index < -0.39 is 33.8 Å². The van der Waals surface area contributed by atoms with Crippen molar-refractivity contribution in [2.75, 3.05) is 32.8 Å². The topological polar surface area (TPSA) is 75.9 Å². The molecular formula is C23H33F2N3O3S. The summed E-state index contributed by atoms with van der Waals surface area (Å²) in [5.74, 6) is -0.260. The number of piperidine rings is 1. The molecule has 0 spiro atoms. The van der Waals surface area contributed by atoms with Crippen LogP contribution in [0.1, 0.15) is 50.2 Å². The number of nitrogens with two attached hydrogens (primary N) is 1. The normalized spacial score (nSPS) is 35.3. The number of hydrogen-bond donors (Lipinski definition) is 1. The SMILES string of the molecule is N[C@H]1CC(N2CCC3CN(S(=O)(=O)C4CCCC4)CC3C2)CO[C@@H]1c1cc(F)ccc1F. The van der Waals surface area contributed by atoms with Crippen LogP contribution >= 0.6 is 0 Å². The van der Waals surface area contributed by atoms with Gasteiger partial charge in [0.05, 0.1) is 11.9 Å². The van der Waals surface area contributed by atoms with Crippen LogP contribution in [0, 0.1) is 23.5 Å². The summed E-state index contributed by atoms with van der Waals surface area (Å²) < 4.78 is 61.6. The molecule has 5 rings (SSSR count). The second-order valence-electron chi connectivity index (χ2n) is 10.0. The lowest BCUT2D eigenvalue weighted by atomic mass is 9.86. The molecule has 0 radical (unpaired) electrons. The zero-order valence-corrected chi connectivity index (χ0v) is 19.2. The number of likely N-dealkylation sites (tertiary alicyclic amines) is 1. The first-order chi connectivity index (χ1) is 15.3. The van der Waals surface area contributed by atoms with Gasteiger partial charge in [-0.1, -0.05) is 12.8 Å². The van der Waals surface area contributed by atoms with Gasteiger partial charge in [-0.25, -0.2) is 21.5 Å². The first kappa shape index (κ1) is 22.7. The third-order valence-corrected chi connectivity index (χ3v) is 10.4. The molecule has 1 saturated carbocycles. The minimum absolute atomic E-state index is 0.110. The van der Waals surface area contributed by atoms with Gasteiger partial charge in [0.1, 0.15) is 17.7 Å². The Balaban J connectivity index is 1.20. The highest BCUT2D eigenvalue weighted by Gasteiger charge is 2.46. The maximum absolute atomic E-state index is 14.2. The van der Waals surface area contributed by atoms with E-state index in [9.17, 15) is 17.2 Å². The van der Waals surface area contributed by atoms with Crippen molar-refractivity contribution in [3.8, 4) is 0 Å². The van der Waals surface area contributed by atoms with Gasteiger partial charge in [-0.15, -0.1) is 0 Å². The molecule has 5 atom stereocenters. The van der Waals surface area contributed by atoms with Crippen molar-refractivity contribution >= 4 is 10.0 Å². The molecule has 3 heterocycles. The largest absolute Gasteiger partial charge is 0.370 e. The first-order valence-corrected chi connectivity index (χ1v) is 13.4. The maximum atomic E-state index is 14.2. The predicted octanol–water partition coefficient (Wildman–Crippen LogP) is 2.65. The van der Waals surface area contributed by atoms with Crippen LogP contribution in [0.3, 0.4) is 0 Å². The van der Waals surface area contributed by atoms with Gasteiger partial charge in [0.15, 0.2) is 0 Å². The molecule has 3 aliphatic heterocycles. The van der Waals surface area contributed by atoms with Crippen LogP contribution in [0.5, 0.6) is 0 Å². The van der Waals surface area contributed by atoms with Crippen molar-refractivity contribution in [2.24, 2.45) is 17.6 Å². The van der Waals surface area contributed by atoms with E-state index in [4.69, 9.17) is 10.5 Å². The second kappa shape index (κ2) is 8.91. The smallest absolute Gasteiger partial charge is 0.216 e. The molecule has 0 amide bonds. The second-order valence-corrected chi connectivity index (χ2v) is 12.3. The van der Waals surface area contributed by atoms with E-state index in [0.717, 1.165) is 57.3 Å². The Kier molecular flexibility index (Phi) is 6.30. The lowest BCUT2D eigenvalue weighted by Crippen LogP contribution is -2.53. The molecule has 1 aromatic carbocycles. The summed E-state index contributed by atoms with van der Waals surface area (Å²) in [4.78, 5) is 2.37. The molecule has 1 aromatic rings. The molecular weight excluding hydrogens is 436 g/mol. The molecule has 0 aromatic heterocycles. The number of nitrogens with zero attached hydrogens (tertiary/aromatic N) is 2. The summed E-state index contributed by atoms with van der Waals surface area (Å²) in [6, 6.07) is 3.06. The highest BCUT2D eigenvalue weighted by Crippen LogP contribution is 2.38. The lowest BCUT2D eigenvalue weighted by molar-refractivity contribution is -0.0616. The van der Waals surface area contributed by atoms with Crippen molar-refractivity contribution in [2.45, 2.75) is 62.0 Å². The molecule has 6 nitrogen and oxygen atoms in total. The quantitative estimate of drug-likeness (QED) is 0.734. The zero-order chi connectivity index (χ0) is 22.5. The van der Waals surface area contributed by atoms with Gasteiger partial charge in [0.25, 0.3) is 0 Å². The Morgan fingerprint density at radius 3 is 2.53 bits per heavy atom. The highest BCUT2D eigenvalue weighted by molar-refractivity contribution is 7.89. The standard InChI is InChI=1S/C23H33F2N3O3S/c24-17-5-6-21(25)20(9-17)23-22(26)10-18(14-31-23)27-8-7-15-12-28(13-16(15)11-27)32(29,30)19-3-1-2-4-19/h5-6,9,15-16,18-19,22-23H,1-4,7-8,10-14,26H2/t15?,16?,18?,22-,23+/m0/s1. The lowest BCUT2D eigenvalue weighted by Gasteiger charge is -2.44. The monoisotopic (exact) mass is 469 g/mol. The van der Waals surface area contributed by atoms with E-state index in [1.165, 1.54) is 6.07 Å². The van der Waals surface area contributed by atoms with Gasteiger partial charge in [0.2, 0.25) is 10.0 Å². The van der Waals surface area contributed by atoms with E-state index >= 15 is 0 Å². The molecule has 178 valence electrons. The zero-order valence-electron chi connectivity index (χ0n) is 18.3. The third kappa shape index (κ3) is 4.22. The summed E-state index contributed by atoms with van der Waals surface area (Å²) >= 11 is 0. The van der Waals surface area contributed by atoms with Gasteiger partial charge < -0.3 is 10.5 Å². The Labute approximate surface area is 189 Å². The number of hydrogen-bond acceptors (Lipinski definition) is 5. The van der Waals surface area contributed by atoms with E-state index in [-0.39, 0.29) is 16.9 Å². The number of benzene rings is 1. The van der Waals surface area contributed by atoms with Gasteiger partial charge in [-0.2, -0.15) is 0 Å². The number of fused-ring (bicyclic) bond motifs is 1. The number of rotatable bonds is 4. The van der Waals surface area contributed by atoms with Gasteiger partial charge in [0, 0.05) is 37.3 Å². The summed E-state index contributed by atoms with van der Waals surface area (Å²) in [5, 5.41) is -0.191. The molecule has 3 saturated heterocycles. The molecule has 32 heavy (non-hydrogen) atoms. The van der Waals surface area contributed by atoms with Crippen molar-refractivity contribution in [3.63, 3.8) is 0 Å². The fourth-order valence-electron chi connectivity index (χ4n) is 6.24. The molecule has 4 fully saturated rings. The van der Waals surface area contributed by atoms with E-state index in [1.54, 1.807) is 4.31 Å². The molecule has 1 aliphatic carbocycles. The van der Waals surface area contributed by atoms with Crippen LogP contribution in [0.25, 0.3) is 0 Å². The molecule has 2 N–H and O–H groups in total. The van der Waals surface area contributed by atoms with Crippen LogP contribution in [-0.2, 0) is 14.8 Å². The van der Waals surface area contributed by atoms with E-state index in [2.05, 4.69) is 4.90 Å². The van der Waals surface area contributed by atoms with Gasteiger partial charge >= 0.3 is 0 Å². The summed E-state index contributed by atoms with van der Waals surface area (Å²) in [5.41, 5.74) is 6.53. The van der Waals surface area contributed by atoms with Crippen LogP contribution in [0.2, 0.25) is 0 Å². The third-order valence-electron chi connectivity index (χ3n) is 8.06. The first-order valence-electron chi connectivity index (χ1n) is 11.9. The average Bonchev–Trinajstić information content (AvgIpc) is 3.46. The Morgan fingerprint density at radius 1 is 1.03 bits per heavy atom. The van der Waals surface area contributed by atoms with Crippen molar-refractivity contribution in [1.29, 1.82) is 0 Å². The average molecular weight is 470 g/mol. The minimum atomic E-state index is -3.19. The number of halogens is 2. The summed E-state index contributed by atoms with van der Waals surface area (Å²) in [6.07, 6.45) is 4.58. The molecule has 0 bridgehead atoms. The predicted molar refractivity (Wildman–Crippen MR) is 117 cm³/mol. The van der Waals surface area contributed by atoms with Crippen molar-refractivity contribution in [3.05, 3.63) is 35.4 Å². The fourth-order valence-corrected chi connectivity index (χ4v) is 8.39. The highest BCUT2D eigenvalue weighted by atomic mass is 32.2.